The molecule has 2 fully saturated rings. The zero-order valence-corrected chi connectivity index (χ0v) is 23.9. The summed E-state index contributed by atoms with van der Waals surface area (Å²) in [6.07, 6.45) is -10.1. The molecule has 0 aliphatic carbocycles. The van der Waals surface area contributed by atoms with Crippen molar-refractivity contribution in [3.63, 3.8) is 0 Å². The fraction of sp³-hybridized carbons (Fsp3) is 0.581. The lowest BCUT2D eigenvalue weighted by Gasteiger charge is -2.44. The van der Waals surface area contributed by atoms with Crippen molar-refractivity contribution in [1.29, 1.82) is 0 Å². The molecule has 2 aromatic rings. The van der Waals surface area contributed by atoms with Crippen LogP contribution in [0.5, 0.6) is 0 Å². The van der Waals surface area contributed by atoms with Gasteiger partial charge in [0.2, 0.25) is 0 Å². The van der Waals surface area contributed by atoms with E-state index in [2.05, 4.69) is 4.90 Å². The molecule has 42 heavy (non-hydrogen) atoms. The normalized spacial score (nSPS) is 26.5. The highest BCUT2D eigenvalue weighted by Crippen LogP contribution is 2.41. The number of nitrogens with zero attached hydrogens (tertiary/aromatic N) is 1. The minimum Gasteiger partial charge on any atom is -0.466 e. The summed E-state index contributed by atoms with van der Waals surface area (Å²) in [5, 5.41) is 0. The molecule has 2 heterocycles. The summed E-state index contributed by atoms with van der Waals surface area (Å²) < 4.78 is 98.5. The number of rotatable bonds is 8. The van der Waals surface area contributed by atoms with Gasteiger partial charge in [-0.3, -0.25) is 4.79 Å². The highest BCUT2D eigenvalue weighted by Gasteiger charge is 2.43. The molecule has 0 unspecified atom stereocenters. The number of hydrogen-bond donors (Lipinski definition) is 0. The molecule has 232 valence electrons. The Kier molecular flexibility index (Phi) is 9.94. The molecule has 5 nitrogen and oxygen atoms in total. The summed E-state index contributed by atoms with van der Waals surface area (Å²) in [6, 6.07) is 11.0. The van der Waals surface area contributed by atoms with Gasteiger partial charge in [-0.2, -0.15) is 26.3 Å². The van der Waals surface area contributed by atoms with Gasteiger partial charge in [-0.25, -0.2) is 0 Å². The minimum atomic E-state index is -4.95. The quantitative estimate of drug-likeness (QED) is 0.235. The standard InChI is InChI=1S/C31H37F6NO4/c1-4-41-28(39)29(3)11-8-12-38(19-29)16-23-17-40-18-26(27(23)21-9-6-5-7-10-21)42-20(2)22-13-24(30(32,33)34)15-25(14-22)31(35,36)37/h5-7,9-10,13-15,20,23,26-27H,4,8,11-12,16-19H2,1-3H3/t20-,23+,26-,27+,29-/m1/s1. The first-order chi connectivity index (χ1) is 19.7. The lowest BCUT2D eigenvalue weighted by atomic mass is 9.78. The Morgan fingerprint density at radius 3 is 2.29 bits per heavy atom. The number of halogens is 6. The van der Waals surface area contributed by atoms with Gasteiger partial charge in [-0.1, -0.05) is 30.3 Å². The first-order valence-electron chi connectivity index (χ1n) is 14.2. The Hall–Kier alpha value is -2.63. The van der Waals surface area contributed by atoms with Crippen molar-refractivity contribution in [2.24, 2.45) is 11.3 Å². The molecule has 2 aliphatic rings. The van der Waals surface area contributed by atoms with E-state index in [1.807, 2.05) is 37.3 Å². The molecular weight excluding hydrogens is 564 g/mol. The monoisotopic (exact) mass is 601 g/mol. The summed E-state index contributed by atoms with van der Waals surface area (Å²) in [4.78, 5) is 14.9. The van der Waals surface area contributed by atoms with E-state index in [0.29, 0.717) is 44.9 Å². The van der Waals surface area contributed by atoms with Gasteiger partial charge in [0.05, 0.1) is 48.6 Å². The van der Waals surface area contributed by atoms with Crippen LogP contribution in [0.25, 0.3) is 0 Å². The van der Waals surface area contributed by atoms with Crippen LogP contribution >= 0.6 is 0 Å². The van der Waals surface area contributed by atoms with Crippen LogP contribution in [0, 0.1) is 11.3 Å². The maximum atomic E-state index is 13.5. The Balaban J connectivity index is 1.59. The minimum absolute atomic E-state index is 0.102. The number of hydrogen-bond acceptors (Lipinski definition) is 5. The molecule has 0 saturated carbocycles. The second-order valence-corrected chi connectivity index (χ2v) is 11.5. The average molecular weight is 602 g/mol. The molecule has 2 saturated heterocycles. The van der Waals surface area contributed by atoms with E-state index in [1.165, 1.54) is 6.92 Å². The second-order valence-electron chi connectivity index (χ2n) is 11.5. The highest BCUT2D eigenvalue weighted by molar-refractivity contribution is 5.76. The number of ether oxygens (including phenoxy) is 3. The van der Waals surface area contributed by atoms with Crippen LogP contribution in [-0.4, -0.2) is 56.4 Å². The summed E-state index contributed by atoms with van der Waals surface area (Å²) >= 11 is 0. The highest BCUT2D eigenvalue weighted by atomic mass is 19.4. The van der Waals surface area contributed by atoms with Crippen LogP contribution in [0.4, 0.5) is 26.3 Å². The first-order valence-corrected chi connectivity index (χ1v) is 14.2. The number of carbonyl (C=O) groups is 1. The SMILES string of the molecule is CCOC(=O)[C@]1(C)CCCN(C[C@H]2COC[C@@H](O[C@H](C)c3cc(C(F)(F)F)cc(C(F)(F)F)c3)[C@H]2c2ccccc2)C1. The van der Waals surface area contributed by atoms with E-state index in [1.54, 1.807) is 6.92 Å². The van der Waals surface area contributed by atoms with Gasteiger partial charge in [0.15, 0.2) is 0 Å². The summed E-state index contributed by atoms with van der Waals surface area (Å²) in [5.74, 6) is -0.579. The van der Waals surface area contributed by atoms with Crippen molar-refractivity contribution >= 4 is 5.97 Å². The van der Waals surface area contributed by atoms with E-state index in [9.17, 15) is 31.1 Å². The Morgan fingerprint density at radius 1 is 1.05 bits per heavy atom. The summed E-state index contributed by atoms with van der Waals surface area (Å²) in [6.45, 7) is 7.82. The van der Waals surface area contributed by atoms with Gasteiger partial charge in [-0.15, -0.1) is 0 Å². The van der Waals surface area contributed by atoms with Crippen LogP contribution in [0.2, 0.25) is 0 Å². The second kappa shape index (κ2) is 12.9. The third kappa shape index (κ3) is 7.65. The predicted octanol–water partition coefficient (Wildman–Crippen LogP) is 7.27. The van der Waals surface area contributed by atoms with Crippen molar-refractivity contribution in [1.82, 2.24) is 4.90 Å². The molecule has 11 heteroatoms. The van der Waals surface area contributed by atoms with E-state index in [-0.39, 0.29) is 36.0 Å². The third-order valence-corrected chi connectivity index (χ3v) is 8.20. The number of likely N-dealkylation sites (tertiary alicyclic amines) is 1. The smallest absolute Gasteiger partial charge is 0.416 e. The van der Waals surface area contributed by atoms with Crippen LogP contribution < -0.4 is 0 Å². The molecular formula is C31H37F6NO4. The topological polar surface area (TPSA) is 48.0 Å². The van der Waals surface area contributed by atoms with Crippen LogP contribution in [0.1, 0.15) is 67.9 Å². The van der Waals surface area contributed by atoms with Crippen molar-refractivity contribution in [3.8, 4) is 0 Å². The fourth-order valence-corrected chi connectivity index (χ4v) is 6.16. The third-order valence-electron chi connectivity index (χ3n) is 8.20. The summed E-state index contributed by atoms with van der Waals surface area (Å²) in [7, 11) is 0. The maximum absolute atomic E-state index is 13.5. The van der Waals surface area contributed by atoms with Gasteiger partial charge < -0.3 is 19.1 Å². The van der Waals surface area contributed by atoms with Crippen LogP contribution in [0.15, 0.2) is 48.5 Å². The van der Waals surface area contributed by atoms with Crippen LogP contribution in [0.3, 0.4) is 0 Å². The number of alkyl halides is 6. The van der Waals surface area contributed by atoms with Gasteiger partial charge >= 0.3 is 18.3 Å². The number of carbonyl (C=O) groups excluding carboxylic acids is 1. The molecule has 5 atom stereocenters. The van der Waals surface area contributed by atoms with Crippen LogP contribution in [-0.2, 0) is 31.4 Å². The first kappa shape index (κ1) is 32.3. The van der Waals surface area contributed by atoms with E-state index < -0.39 is 41.1 Å². The van der Waals surface area contributed by atoms with Crippen molar-refractivity contribution in [3.05, 3.63) is 70.8 Å². The van der Waals surface area contributed by atoms with E-state index >= 15 is 0 Å². The molecule has 2 aromatic carbocycles. The van der Waals surface area contributed by atoms with Gasteiger partial charge in [0.1, 0.15) is 0 Å². The average Bonchev–Trinajstić information content (AvgIpc) is 2.92. The Morgan fingerprint density at radius 2 is 1.69 bits per heavy atom. The molecule has 0 amide bonds. The molecule has 0 radical (unpaired) electrons. The van der Waals surface area contributed by atoms with Crippen molar-refractivity contribution in [2.45, 2.75) is 64.1 Å². The molecule has 2 aliphatic heterocycles. The van der Waals surface area contributed by atoms with Crippen molar-refractivity contribution in [2.75, 3.05) is 39.5 Å². The Labute approximate surface area is 242 Å². The number of piperidine rings is 1. The fourth-order valence-electron chi connectivity index (χ4n) is 6.16. The van der Waals surface area contributed by atoms with Gasteiger partial charge in [0, 0.05) is 24.9 Å². The zero-order chi connectivity index (χ0) is 30.7. The van der Waals surface area contributed by atoms with E-state index in [4.69, 9.17) is 14.2 Å². The molecule has 4 rings (SSSR count). The predicted molar refractivity (Wildman–Crippen MR) is 144 cm³/mol. The van der Waals surface area contributed by atoms with E-state index in [0.717, 1.165) is 18.5 Å². The Bertz CT molecular complexity index is 1170. The van der Waals surface area contributed by atoms with Gasteiger partial charge in [-0.05, 0) is 69.5 Å². The molecule has 0 aromatic heterocycles. The largest absolute Gasteiger partial charge is 0.466 e. The number of benzene rings is 2. The molecule has 0 bridgehead atoms. The summed E-state index contributed by atoms with van der Waals surface area (Å²) in [5.41, 5.74) is -2.68. The zero-order valence-electron chi connectivity index (χ0n) is 23.9. The lowest BCUT2D eigenvalue weighted by Crippen LogP contribution is -2.51. The van der Waals surface area contributed by atoms with Crippen molar-refractivity contribution < 1.29 is 45.3 Å². The van der Waals surface area contributed by atoms with Gasteiger partial charge in [0.25, 0.3) is 0 Å². The lowest BCUT2D eigenvalue weighted by molar-refractivity contribution is -0.158. The maximum Gasteiger partial charge on any atom is 0.416 e. The molecule has 0 spiro atoms. The number of esters is 1. The molecule has 0 N–H and O–H groups in total.